The molecule has 162 valence electrons. The van der Waals surface area contributed by atoms with Crippen molar-refractivity contribution in [1.29, 1.82) is 0 Å². The molecule has 31 heavy (non-hydrogen) atoms. The molecule has 3 heterocycles. The molecule has 4 N–H and O–H groups in total. The van der Waals surface area contributed by atoms with Crippen molar-refractivity contribution in [2.45, 2.75) is 12.8 Å². The summed E-state index contributed by atoms with van der Waals surface area (Å²) in [7, 11) is 0. The number of rotatable bonds is 7. The number of piperazine rings is 1. The molecule has 1 aliphatic heterocycles. The van der Waals surface area contributed by atoms with Gasteiger partial charge in [-0.3, -0.25) is 9.88 Å². The molecule has 0 bridgehead atoms. The molecule has 1 fully saturated rings. The van der Waals surface area contributed by atoms with Gasteiger partial charge in [-0.15, -0.1) is 0 Å². The third-order valence-corrected chi connectivity index (χ3v) is 5.88. The number of benzene rings is 2. The number of nitrogens with zero attached hydrogens (tertiary/aromatic N) is 2. The molecule has 0 amide bonds. The molecule has 4 aromatic rings. The van der Waals surface area contributed by atoms with Crippen LogP contribution in [0.3, 0.4) is 0 Å². The lowest BCUT2D eigenvalue weighted by molar-refractivity contribution is 0.254. The first kappa shape index (κ1) is 19.5. The molecule has 0 unspecified atom stereocenters. The van der Waals surface area contributed by atoms with Gasteiger partial charge in [-0.05, 0) is 49.7 Å². The molecular formula is C22H26N6O3. The minimum absolute atomic E-state index is 0.179. The fourth-order valence-electron chi connectivity index (χ4n) is 4.26. The van der Waals surface area contributed by atoms with Gasteiger partial charge in [-0.2, -0.15) is 0 Å². The van der Waals surface area contributed by atoms with E-state index >= 15 is 0 Å². The van der Waals surface area contributed by atoms with Crippen LogP contribution in [0.4, 0.5) is 11.4 Å². The number of aromatic amines is 3. The van der Waals surface area contributed by atoms with Crippen LogP contribution in [-0.4, -0.2) is 59.1 Å². The molecule has 0 aliphatic carbocycles. The molecule has 0 spiro atoms. The summed E-state index contributed by atoms with van der Waals surface area (Å²) in [6.45, 7) is 5.80. The highest BCUT2D eigenvalue weighted by Crippen LogP contribution is 2.25. The summed E-state index contributed by atoms with van der Waals surface area (Å²) in [5, 5.41) is 3.43. The standard InChI is InChI=1S/C22H26N6O3/c29-21-24-16-7-6-15(14-18(16)25-21)23-8-1-2-9-27-10-12-28(13-11-27)19-5-3-4-17-20(19)31-22(30)26-17/h3-7,14,23H,1-2,8-13H2,(H,26,30)(H2,24,25,29). The van der Waals surface area contributed by atoms with E-state index in [4.69, 9.17) is 4.42 Å². The maximum atomic E-state index is 11.5. The number of hydrogen-bond acceptors (Lipinski definition) is 6. The van der Waals surface area contributed by atoms with E-state index in [0.29, 0.717) is 5.58 Å². The van der Waals surface area contributed by atoms with Crippen molar-refractivity contribution in [2.24, 2.45) is 0 Å². The van der Waals surface area contributed by atoms with Gasteiger partial charge in [-0.1, -0.05) is 6.07 Å². The molecule has 2 aromatic heterocycles. The Morgan fingerprint density at radius 2 is 1.74 bits per heavy atom. The van der Waals surface area contributed by atoms with Crippen molar-refractivity contribution in [3.8, 4) is 0 Å². The second kappa shape index (κ2) is 8.35. The van der Waals surface area contributed by atoms with E-state index in [1.54, 1.807) is 0 Å². The van der Waals surface area contributed by atoms with Gasteiger partial charge >= 0.3 is 11.4 Å². The zero-order valence-corrected chi connectivity index (χ0v) is 17.2. The van der Waals surface area contributed by atoms with E-state index in [2.05, 4.69) is 30.1 Å². The van der Waals surface area contributed by atoms with Crippen molar-refractivity contribution >= 4 is 33.5 Å². The number of nitrogens with one attached hydrogen (secondary N) is 4. The van der Waals surface area contributed by atoms with E-state index in [0.717, 1.165) is 80.0 Å². The number of imidazole rings is 1. The number of H-pyrrole nitrogens is 3. The summed E-state index contributed by atoms with van der Waals surface area (Å²) in [5.74, 6) is -0.406. The van der Waals surface area contributed by atoms with Crippen LogP contribution >= 0.6 is 0 Å². The Bertz CT molecular complexity index is 1290. The second-order valence-electron chi connectivity index (χ2n) is 7.97. The van der Waals surface area contributed by atoms with E-state index in [1.165, 1.54) is 0 Å². The van der Waals surface area contributed by atoms with Crippen LogP contribution in [0.15, 0.2) is 50.4 Å². The summed E-state index contributed by atoms with van der Waals surface area (Å²) in [5.41, 5.74) is 4.87. The fraction of sp³-hybridized carbons (Fsp3) is 0.364. The molecule has 9 nitrogen and oxygen atoms in total. The Labute approximate surface area is 178 Å². The largest absolute Gasteiger partial charge is 0.417 e. The van der Waals surface area contributed by atoms with Gasteiger partial charge in [0.1, 0.15) is 0 Å². The van der Waals surface area contributed by atoms with Crippen LogP contribution in [0.5, 0.6) is 0 Å². The Kier molecular flexibility index (Phi) is 5.25. The highest BCUT2D eigenvalue weighted by Gasteiger charge is 2.20. The quantitative estimate of drug-likeness (QED) is 0.340. The molecule has 9 heteroatoms. The predicted molar refractivity (Wildman–Crippen MR) is 122 cm³/mol. The van der Waals surface area contributed by atoms with Gasteiger partial charge < -0.3 is 24.6 Å². The Morgan fingerprint density at radius 1 is 0.903 bits per heavy atom. The molecule has 0 atom stereocenters. The van der Waals surface area contributed by atoms with E-state index in [9.17, 15) is 9.59 Å². The summed E-state index contributed by atoms with van der Waals surface area (Å²) in [6.07, 6.45) is 2.20. The van der Waals surface area contributed by atoms with E-state index in [-0.39, 0.29) is 5.69 Å². The van der Waals surface area contributed by atoms with Gasteiger partial charge in [0.05, 0.1) is 22.2 Å². The van der Waals surface area contributed by atoms with Crippen molar-refractivity contribution in [3.05, 3.63) is 57.4 Å². The van der Waals surface area contributed by atoms with Crippen LogP contribution in [0, 0.1) is 0 Å². The first-order valence-electron chi connectivity index (χ1n) is 10.7. The summed E-state index contributed by atoms with van der Waals surface area (Å²) >= 11 is 0. The van der Waals surface area contributed by atoms with Gasteiger partial charge in [0.2, 0.25) is 0 Å². The SMILES string of the molecule is O=c1[nH]c2ccc(NCCCCN3CCN(c4cccc5[nH]c(=O)oc45)CC3)cc2[nH]1. The van der Waals surface area contributed by atoms with Crippen LogP contribution in [0.25, 0.3) is 22.1 Å². The van der Waals surface area contributed by atoms with Gasteiger partial charge in [-0.25, -0.2) is 9.59 Å². The van der Waals surface area contributed by atoms with Gasteiger partial charge in [0.15, 0.2) is 5.58 Å². The smallest absolute Gasteiger partial charge is 0.406 e. The molecule has 0 saturated carbocycles. The van der Waals surface area contributed by atoms with Crippen LogP contribution in [-0.2, 0) is 0 Å². The van der Waals surface area contributed by atoms with E-state index < -0.39 is 5.76 Å². The highest BCUT2D eigenvalue weighted by molar-refractivity contribution is 5.86. The van der Waals surface area contributed by atoms with Gasteiger partial charge in [0, 0.05) is 38.4 Å². The topological polar surface area (TPSA) is 113 Å². The highest BCUT2D eigenvalue weighted by atomic mass is 16.4. The maximum absolute atomic E-state index is 11.5. The van der Waals surface area contributed by atoms with Crippen molar-refractivity contribution < 1.29 is 4.42 Å². The average molecular weight is 422 g/mol. The predicted octanol–water partition coefficient (Wildman–Crippen LogP) is 2.30. The summed E-state index contributed by atoms with van der Waals surface area (Å²) in [4.78, 5) is 35.9. The summed E-state index contributed by atoms with van der Waals surface area (Å²) in [6, 6.07) is 11.7. The van der Waals surface area contributed by atoms with Crippen LogP contribution < -0.4 is 21.7 Å². The minimum atomic E-state index is -0.406. The second-order valence-corrected chi connectivity index (χ2v) is 7.97. The first-order valence-corrected chi connectivity index (χ1v) is 10.7. The Balaban J connectivity index is 1.06. The third-order valence-electron chi connectivity index (χ3n) is 5.88. The van der Waals surface area contributed by atoms with Crippen molar-refractivity contribution in [2.75, 3.05) is 49.5 Å². The number of fused-ring (bicyclic) bond motifs is 2. The molecule has 1 saturated heterocycles. The lowest BCUT2D eigenvalue weighted by Gasteiger charge is -2.36. The molecule has 2 aromatic carbocycles. The molecule has 1 aliphatic rings. The number of oxazole rings is 1. The molecule has 5 rings (SSSR count). The summed E-state index contributed by atoms with van der Waals surface area (Å²) < 4.78 is 5.34. The number of unbranched alkanes of at least 4 members (excludes halogenated alkanes) is 1. The fourth-order valence-corrected chi connectivity index (χ4v) is 4.26. The normalized spacial score (nSPS) is 15.2. The van der Waals surface area contributed by atoms with Crippen LogP contribution in [0.2, 0.25) is 0 Å². The number of anilines is 2. The van der Waals surface area contributed by atoms with Crippen molar-refractivity contribution in [1.82, 2.24) is 19.9 Å². The van der Waals surface area contributed by atoms with E-state index in [1.807, 2.05) is 36.4 Å². The zero-order valence-electron chi connectivity index (χ0n) is 17.2. The monoisotopic (exact) mass is 422 g/mol. The van der Waals surface area contributed by atoms with Crippen molar-refractivity contribution in [3.63, 3.8) is 0 Å². The molecular weight excluding hydrogens is 396 g/mol. The Morgan fingerprint density at radius 3 is 2.61 bits per heavy atom. The molecule has 0 radical (unpaired) electrons. The number of aromatic nitrogens is 3. The lowest BCUT2D eigenvalue weighted by Crippen LogP contribution is -2.46. The first-order chi connectivity index (χ1) is 15.2. The number of hydrogen-bond donors (Lipinski definition) is 4. The maximum Gasteiger partial charge on any atom is 0.417 e. The Hall–Kier alpha value is -3.46. The minimum Gasteiger partial charge on any atom is -0.406 e. The lowest BCUT2D eigenvalue weighted by atomic mass is 10.2. The number of para-hydroxylation sites is 1. The van der Waals surface area contributed by atoms with Gasteiger partial charge in [0.25, 0.3) is 0 Å². The third kappa shape index (κ3) is 4.22. The van der Waals surface area contributed by atoms with Crippen LogP contribution in [0.1, 0.15) is 12.8 Å². The average Bonchev–Trinajstić information content (AvgIpc) is 3.34. The zero-order chi connectivity index (χ0) is 21.2.